The summed E-state index contributed by atoms with van der Waals surface area (Å²) in [5.41, 5.74) is 0. The van der Waals surface area contributed by atoms with Gasteiger partial charge in [-0.05, 0) is 39.3 Å². The Hall–Kier alpha value is -1.14. The maximum atomic E-state index is 11.9. The van der Waals surface area contributed by atoms with Crippen molar-refractivity contribution < 1.29 is 9.59 Å². The molecule has 1 unspecified atom stereocenters. The molecule has 1 saturated heterocycles. The zero-order valence-electron chi connectivity index (χ0n) is 13.0. The number of amides is 3. The van der Waals surface area contributed by atoms with Crippen molar-refractivity contribution in [2.45, 2.75) is 57.0 Å². The first-order valence-corrected chi connectivity index (χ1v) is 8.17. The lowest BCUT2D eigenvalue weighted by Gasteiger charge is -2.31. The van der Waals surface area contributed by atoms with Crippen LogP contribution in [0.4, 0.5) is 4.79 Å². The molecule has 2 aliphatic rings. The Labute approximate surface area is 127 Å². The van der Waals surface area contributed by atoms with E-state index in [2.05, 4.69) is 20.9 Å². The number of carbonyl (C=O) groups excluding carboxylic acids is 2. The zero-order chi connectivity index (χ0) is 15.1. The molecule has 0 aromatic carbocycles. The second kappa shape index (κ2) is 8.34. The quantitative estimate of drug-likeness (QED) is 0.718. The van der Waals surface area contributed by atoms with Gasteiger partial charge in [-0.3, -0.25) is 15.0 Å². The van der Waals surface area contributed by atoms with Crippen LogP contribution in [0.3, 0.4) is 0 Å². The molecule has 0 bridgehead atoms. The van der Waals surface area contributed by atoms with Gasteiger partial charge in [0.15, 0.2) is 0 Å². The van der Waals surface area contributed by atoms with E-state index in [1.165, 1.54) is 6.42 Å². The largest absolute Gasteiger partial charge is 0.335 e. The first-order chi connectivity index (χ1) is 10.2. The number of nitrogens with zero attached hydrogens (tertiary/aromatic N) is 1. The highest BCUT2D eigenvalue weighted by molar-refractivity contribution is 5.95. The summed E-state index contributed by atoms with van der Waals surface area (Å²) in [6, 6.07) is 0.340. The van der Waals surface area contributed by atoms with Crippen molar-refractivity contribution in [2.75, 3.05) is 26.7 Å². The predicted molar refractivity (Wildman–Crippen MR) is 82.1 cm³/mol. The molecule has 120 valence electrons. The smallest absolute Gasteiger partial charge is 0.321 e. The van der Waals surface area contributed by atoms with Gasteiger partial charge in [0.2, 0.25) is 5.91 Å². The average molecular weight is 296 g/mol. The monoisotopic (exact) mass is 296 g/mol. The fourth-order valence-corrected chi connectivity index (χ4v) is 3.27. The van der Waals surface area contributed by atoms with E-state index < -0.39 is 0 Å². The van der Waals surface area contributed by atoms with E-state index in [-0.39, 0.29) is 18.0 Å². The molecule has 0 aromatic heterocycles. The summed E-state index contributed by atoms with van der Waals surface area (Å²) in [5.74, 6) is -0.208. The third kappa shape index (κ3) is 5.63. The zero-order valence-corrected chi connectivity index (χ0v) is 13.0. The Morgan fingerprint density at radius 2 is 1.76 bits per heavy atom. The minimum Gasteiger partial charge on any atom is -0.335 e. The SMILES string of the molecule is CNC1CCCN(CC(=O)NC(=O)NC2CCCCC2)C1. The highest BCUT2D eigenvalue weighted by Gasteiger charge is 2.22. The van der Waals surface area contributed by atoms with E-state index in [0.29, 0.717) is 12.6 Å². The molecule has 1 saturated carbocycles. The van der Waals surface area contributed by atoms with Crippen LogP contribution in [0.15, 0.2) is 0 Å². The maximum Gasteiger partial charge on any atom is 0.321 e. The number of hydrogen-bond donors (Lipinski definition) is 3. The summed E-state index contributed by atoms with van der Waals surface area (Å²) in [5, 5.41) is 8.61. The molecule has 0 spiro atoms. The summed E-state index contributed by atoms with van der Waals surface area (Å²) in [7, 11) is 1.95. The van der Waals surface area contributed by atoms with E-state index in [1.54, 1.807) is 0 Å². The molecular formula is C15H28N4O2. The standard InChI is InChI=1S/C15H28N4O2/c1-16-13-8-5-9-19(10-13)11-14(20)18-15(21)17-12-6-3-2-4-7-12/h12-13,16H,2-11H2,1H3,(H2,17,18,20,21). The third-order valence-electron chi connectivity index (χ3n) is 4.47. The Balaban J connectivity index is 1.67. The summed E-state index contributed by atoms with van der Waals surface area (Å²) in [4.78, 5) is 25.8. The van der Waals surface area contributed by atoms with Crippen molar-refractivity contribution >= 4 is 11.9 Å². The molecule has 21 heavy (non-hydrogen) atoms. The van der Waals surface area contributed by atoms with Crippen LogP contribution in [0.1, 0.15) is 44.9 Å². The molecule has 1 aliphatic heterocycles. The van der Waals surface area contributed by atoms with Crippen LogP contribution in [0.25, 0.3) is 0 Å². The van der Waals surface area contributed by atoms with Crippen molar-refractivity contribution in [3.05, 3.63) is 0 Å². The fourth-order valence-electron chi connectivity index (χ4n) is 3.27. The summed E-state index contributed by atoms with van der Waals surface area (Å²) in [6.45, 7) is 2.10. The first-order valence-electron chi connectivity index (χ1n) is 8.17. The number of urea groups is 1. The minimum atomic E-state index is -0.339. The van der Waals surface area contributed by atoms with Crippen molar-refractivity contribution in [1.29, 1.82) is 0 Å². The molecule has 0 radical (unpaired) electrons. The summed E-state index contributed by atoms with van der Waals surface area (Å²) >= 11 is 0. The molecule has 1 heterocycles. The Morgan fingerprint density at radius 1 is 1.05 bits per heavy atom. The molecular weight excluding hydrogens is 268 g/mol. The van der Waals surface area contributed by atoms with Gasteiger partial charge in [0.05, 0.1) is 6.54 Å². The molecule has 2 fully saturated rings. The third-order valence-corrected chi connectivity index (χ3v) is 4.47. The van der Waals surface area contributed by atoms with E-state index in [1.807, 2.05) is 7.05 Å². The Morgan fingerprint density at radius 3 is 2.48 bits per heavy atom. The molecule has 1 aliphatic carbocycles. The molecule has 6 nitrogen and oxygen atoms in total. The summed E-state index contributed by atoms with van der Waals surface area (Å²) < 4.78 is 0. The van der Waals surface area contributed by atoms with E-state index in [0.717, 1.165) is 51.6 Å². The number of nitrogens with one attached hydrogen (secondary N) is 3. The fraction of sp³-hybridized carbons (Fsp3) is 0.867. The van der Waals surface area contributed by atoms with Crippen molar-refractivity contribution in [3.63, 3.8) is 0 Å². The van der Waals surface area contributed by atoms with Gasteiger partial charge in [0, 0.05) is 18.6 Å². The van der Waals surface area contributed by atoms with Gasteiger partial charge in [-0.2, -0.15) is 0 Å². The van der Waals surface area contributed by atoms with Gasteiger partial charge in [0.25, 0.3) is 0 Å². The molecule has 1 atom stereocenters. The number of carbonyl (C=O) groups is 2. The predicted octanol–water partition coefficient (Wildman–Crippen LogP) is 0.829. The molecule has 6 heteroatoms. The number of likely N-dealkylation sites (N-methyl/N-ethyl adjacent to an activating group) is 1. The number of likely N-dealkylation sites (tertiary alicyclic amines) is 1. The average Bonchev–Trinajstić information content (AvgIpc) is 2.48. The normalized spacial score (nSPS) is 24.5. The van der Waals surface area contributed by atoms with Gasteiger partial charge in [-0.15, -0.1) is 0 Å². The Bertz CT molecular complexity index is 356. The first kappa shape index (κ1) is 16.2. The topological polar surface area (TPSA) is 73.5 Å². The van der Waals surface area contributed by atoms with Gasteiger partial charge in [0.1, 0.15) is 0 Å². The van der Waals surface area contributed by atoms with Crippen LogP contribution < -0.4 is 16.0 Å². The Kier molecular flexibility index (Phi) is 6.45. The second-order valence-corrected chi connectivity index (χ2v) is 6.22. The molecule has 0 aromatic rings. The van der Waals surface area contributed by atoms with Gasteiger partial charge < -0.3 is 10.6 Å². The van der Waals surface area contributed by atoms with E-state index in [9.17, 15) is 9.59 Å². The van der Waals surface area contributed by atoms with Crippen LogP contribution in [0.5, 0.6) is 0 Å². The van der Waals surface area contributed by atoms with Crippen LogP contribution in [0.2, 0.25) is 0 Å². The number of piperidine rings is 1. The van der Waals surface area contributed by atoms with Crippen molar-refractivity contribution in [3.8, 4) is 0 Å². The number of rotatable bonds is 4. The lowest BCUT2D eigenvalue weighted by molar-refractivity contribution is -0.121. The van der Waals surface area contributed by atoms with Crippen molar-refractivity contribution in [1.82, 2.24) is 20.9 Å². The highest BCUT2D eigenvalue weighted by atomic mass is 16.2. The highest BCUT2D eigenvalue weighted by Crippen LogP contribution is 2.17. The van der Waals surface area contributed by atoms with Gasteiger partial charge >= 0.3 is 6.03 Å². The number of hydrogen-bond acceptors (Lipinski definition) is 4. The van der Waals surface area contributed by atoms with E-state index >= 15 is 0 Å². The van der Waals surface area contributed by atoms with Gasteiger partial charge in [-0.25, -0.2) is 4.79 Å². The lowest BCUT2D eigenvalue weighted by Crippen LogP contribution is -2.51. The second-order valence-electron chi connectivity index (χ2n) is 6.22. The van der Waals surface area contributed by atoms with E-state index in [4.69, 9.17) is 0 Å². The van der Waals surface area contributed by atoms with Crippen LogP contribution in [-0.4, -0.2) is 55.6 Å². The molecule has 3 amide bonds. The van der Waals surface area contributed by atoms with Gasteiger partial charge in [-0.1, -0.05) is 19.3 Å². The molecule has 3 N–H and O–H groups in total. The van der Waals surface area contributed by atoms with Crippen LogP contribution in [-0.2, 0) is 4.79 Å². The summed E-state index contributed by atoms with van der Waals surface area (Å²) in [6.07, 6.45) is 7.87. The minimum absolute atomic E-state index is 0.208. The number of imide groups is 1. The lowest BCUT2D eigenvalue weighted by atomic mass is 9.96. The van der Waals surface area contributed by atoms with Crippen molar-refractivity contribution in [2.24, 2.45) is 0 Å². The van der Waals surface area contributed by atoms with Crippen LogP contribution >= 0.6 is 0 Å². The van der Waals surface area contributed by atoms with Crippen LogP contribution in [0, 0.1) is 0 Å². The molecule has 2 rings (SSSR count). The maximum absolute atomic E-state index is 11.9.